The summed E-state index contributed by atoms with van der Waals surface area (Å²) in [6, 6.07) is 10.2. The molecule has 0 aliphatic carbocycles. The molecule has 0 fully saturated rings. The fourth-order valence-electron chi connectivity index (χ4n) is 3.84. The van der Waals surface area contributed by atoms with Crippen LogP contribution in [-0.2, 0) is 11.2 Å². The summed E-state index contributed by atoms with van der Waals surface area (Å²) in [6.45, 7) is 6.08. The lowest BCUT2D eigenvalue weighted by Gasteiger charge is -2.29. The van der Waals surface area contributed by atoms with Gasteiger partial charge in [-0.25, -0.2) is 4.79 Å². The molecule has 2 atom stereocenters. The number of amides is 1. The van der Waals surface area contributed by atoms with Gasteiger partial charge in [-0.3, -0.25) is 4.79 Å². The number of nitrogens with one attached hydrogen (secondary N) is 2. The Labute approximate surface area is 182 Å². The minimum absolute atomic E-state index is 0.132. The van der Waals surface area contributed by atoms with Gasteiger partial charge in [0.05, 0.1) is 24.5 Å². The highest BCUT2D eigenvalue weighted by Crippen LogP contribution is 2.39. The molecule has 1 aliphatic rings. The fraction of sp³-hybridized carbons (Fsp3) is 0.417. The number of carbonyl (C=O) groups is 2. The van der Waals surface area contributed by atoms with E-state index in [1.807, 2.05) is 20.8 Å². The van der Waals surface area contributed by atoms with Gasteiger partial charge >= 0.3 is 5.97 Å². The molecule has 0 saturated carbocycles. The number of esters is 1. The largest absolute Gasteiger partial charge is 0.497 e. The summed E-state index contributed by atoms with van der Waals surface area (Å²) in [5.41, 5.74) is 2.32. The standard InChI is InChI=1S/C24H30N2O5/c1-5-19(25-14(2)3)23(28)18-9-11-20(22-17(18)10-12-21(27)26-22)31-24(29)15-7-6-8-16(13-15)30-4/h6-9,11,13-14,19,23,25,28H,5,10,12H2,1-4H3,(H,26,27). The van der Waals surface area contributed by atoms with Crippen molar-refractivity contribution in [1.82, 2.24) is 5.32 Å². The first kappa shape index (κ1) is 22.8. The monoisotopic (exact) mass is 426 g/mol. The number of rotatable bonds is 8. The number of benzene rings is 2. The predicted molar refractivity (Wildman–Crippen MR) is 119 cm³/mol. The van der Waals surface area contributed by atoms with Crippen LogP contribution in [0.15, 0.2) is 36.4 Å². The van der Waals surface area contributed by atoms with E-state index in [2.05, 4.69) is 10.6 Å². The second-order valence-electron chi connectivity index (χ2n) is 7.96. The fourth-order valence-corrected chi connectivity index (χ4v) is 3.84. The summed E-state index contributed by atoms with van der Waals surface area (Å²) in [5, 5.41) is 17.3. The summed E-state index contributed by atoms with van der Waals surface area (Å²) in [4.78, 5) is 24.8. The van der Waals surface area contributed by atoms with E-state index in [0.717, 1.165) is 17.5 Å². The van der Waals surface area contributed by atoms with E-state index >= 15 is 0 Å². The molecule has 7 heteroatoms. The van der Waals surface area contributed by atoms with Gasteiger partial charge in [-0.15, -0.1) is 0 Å². The smallest absolute Gasteiger partial charge is 0.343 e. The first-order valence-electron chi connectivity index (χ1n) is 10.6. The highest BCUT2D eigenvalue weighted by Gasteiger charge is 2.29. The third kappa shape index (κ3) is 5.24. The SMILES string of the molecule is CCC(NC(C)C)C(O)c1ccc(OC(=O)c2cccc(OC)c2)c2c1CCC(=O)N2. The first-order chi connectivity index (χ1) is 14.8. The maximum absolute atomic E-state index is 12.7. The second-order valence-corrected chi connectivity index (χ2v) is 7.96. The van der Waals surface area contributed by atoms with Crippen LogP contribution in [0.3, 0.4) is 0 Å². The molecule has 2 unspecified atom stereocenters. The number of fused-ring (bicyclic) bond motifs is 1. The molecule has 7 nitrogen and oxygen atoms in total. The van der Waals surface area contributed by atoms with Gasteiger partial charge in [-0.1, -0.05) is 32.9 Å². The summed E-state index contributed by atoms with van der Waals surface area (Å²) in [5.74, 6) is 0.107. The van der Waals surface area contributed by atoms with Crippen molar-refractivity contribution in [2.24, 2.45) is 0 Å². The van der Waals surface area contributed by atoms with Crippen molar-refractivity contribution in [3.8, 4) is 11.5 Å². The number of aliphatic hydroxyl groups excluding tert-OH is 1. The molecular formula is C24H30N2O5. The zero-order valence-electron chi connectivity index (χ0n) is 18.4. The molecule has 166 valence electrons. The normalized spacial score (nSPS) is 15.1. The molecule has 31 heavy (non-hydrogen) atoms. The number of carbonyl (C=O) groups excluding carboxylic acids is 2. The van der Waals surface area contributed by atoms with Gasteiger partial charge in [0.15, 0.2) is 5.75 Å². The van der Waals surface area contributed by atoms with Crippen molar-refractivity contribution in [2.45, 2.75) is 58.2 Å². The van der Waals surface area contributed by atoms with E-state index in [0.29, 0.717) is 29.8 Å². The second kappa shape index (κ2) is 9.94. The van der Waals surface area contributed by atoms with Gasteiger partial charge in [0.25, 0.3) is 0 Å². The van der Waals surface area contributed by atoms with Crippen LogP contribution in [0.25, 0.3) is 0 Å². The number of anilines is 1. The Kier molecular flexibility index (Phi) is 7.30. The van der Waals surface area contributed by atoms with E-state index in [9.17, 15) is 14.7 Å². The van der Waals surface area contributed by atoms with Gasteiger partial charge < -0.3 is 25.2 Å². The van der Waals surface area contributed by atoms with Crippen LogP contribution >= 0.6 is 0 Å². The Bertz CT molecular complexity index is 957. The lowest BCUT2D eigenvalue weighted by Crippen LogP contribution is -2.39. The van der Waals surface area contributed by atoms with Crippen molar-refractivity contribution in [3.05, 3.63) is 53.1 Å². The molecule has 3 N–H and O–H groups in total. The van der Waals surface area contributed by atoms with Crippen LogP contribution in [0.1, 0.15) is 61.2 Å². The average Bonchev–Trinajstić information content (AvgIpc) is 2.77. The Balaban J connectivity index is 1.94. The quantitative estimate of drug-likeness (QED) is 0.441. The lowest BCUT2D eigenvalue weighted by molar-refractivity contribution is -0.116. The number of hydrogen-bond acceptors (Lipinski definition) is 6. The first-order valence-corrected chi connectivity index (χ1v) is 10.6. The van der Waals surface area contributed by atoms with E-state index in [4.69, 9.17) is 9.47 Å². The van der Waals surface area contributed by atoms with Crippen LogP contribution in [-0.4, -0.2) is 36.2 Å². The average molecular weight is 427 g/mol. The highest BCUT2D eigenvalue weighted by molar-refractivity contribution is 5.98. The third-order valence-corrected chi connectivity index (χ3v) is 5.37. The summed E-state index contributed by atoms with van der Waals surface area (Å²) in [7, 11) is 1.53. The van der Waals surface area contributed by atoms with Crippen molar-refractivity contribution in [1.29, 1.82) is 0 Å². The van der Waals surface area contributed by atoms with Gasteiger partial charge in [0.2, 0.25) is 5.91 Å². The number of methoxy groups -OCH3 is 1. The molecule has 1 aliphatic heterocycles. The van der Waals surface area contributed by atoms with Crippen LogP contribution in [0, 0.1) is 0 Å². The van der Waals surface area contributed by atoms with Crippen LogP contribution in [0.4, 0.5) is 5.69 Å². The molecule has 3 rings (SSSR count). The number of hydrogen-bond donors (Lipinski definition) is 3. The molecule has 2 aromatic carbocycles. The minimum atomic E-state index is -0.751. The number of ether oxygens (including phenoxy) is 2. The Hall–Kier alpha value is -2.90. The van der Waals surface area contributed by atoms with E-state index < -0.39 is 12.1 Å². The van der Waals surface area contributed by atoms with Gasteiger partial charge in [0, 0.05) is 18.5 Å². The molecule has 0 aromatic heterocycles. The van der Waals surface area contributed by atoms with Crippen molar-refractivity contribution in [2.75, 3.05) is 12.4 Å². The van der Waals surface area contributed by atoms with Gasteiger partial charge in [-0.05, 0) is 48.2 Å². The summed E-state index contributed by atoms with van der Waals surface area (Å²) < 4.78 is 10.8. The van der Waals surface area contributed by atoms with Crippen molar-refractivity contribution < 1.29 is 24.2 Å². The van der Waals surface area contributed by atoms with Gasteiger partial charge in [0.1, 0.15) is 5.75 Å². The highest BCUT2D eigenvalue weighted by atomic mass is 16.5. The molecule has 0 radical (unpaired) electrons. The molecule has 0 spiro atoms. The Morgan fingerprint density at radius 3 is 2.68 bits per heavy atom. The molecule has 0 saturated heterocycles. The maximum Gasteiger partial charge on any atom is 0.343 e. The third-order valence-electron chi connectivity index (χ3n) is 5.37. The molecule has 2 aromatic rings. The maximum atomic E-state index is 12.7. The zero-order valence-corrected chi connectivity index (χ0v) is 18.4. The topological polar surface area (TPSA) is 96.9 Å². The van der Waals surface area contributed by atoms with Crippen LogP contribution < -0.4 is 20.1 Å². The molecule has 1 amide bonds. The summed E-state index contributed by atoms with van der Waals surface area (Å²) >= 11 is 0. The number of aliphatic hydroxyl groups is 1. The Morgan fingerprint density at radius 2 is 2.00 bits per heavy atom. The predicted octanol–water partition coefficient (Wildman–Crippen LogP) is 3.61. The summed E-state index contributed by atoms with van der Waals surface area (Å²) in [6.07, 6.45) is 0.775. The van der Waals surface area contributed by atoms with E-state index in [1.165, 1.54) is 7.11 Å². The molecule has 0 bridgehead atoms. The zero-order chi connectivity index (χ0) is 22.5. The molecule has 1 heterocycles. The van der Waals surface area contributed by atoms with E-state index in [1.54, 1.807) is 36.4 Å². The van der Waals surface area contributed by atoms with Crippen LogP contribution in [0.2, 0.25) is 0 Å². The van der Waals surface area contributed by atoms with Crippen molar-refractivity contribution in [3.63, 3.8) is 0 Å². The van der Waals surface area contributed by atoms with E-state index in [-0.39, 0.29) is 23.7 Å². The Morgan fingerprint density at radius 1 is 1.23 bits per heavy atom. The van der Waals surface area contributed by atoms with Gasteiger partial charge in [-0.2, -0.15) is 0 Å². The minimum Gasteiger partial charge on any atom is -0.497 e. The lowest BCUT2D eigenvalue weighted by atomic mass is 9.90. The van der Waals surface area contributed by atoms with Crippen LogP contribution in [0.5, 0.6) is 11.5 Å². The van der Waals surface area contributed by atoms with Crippen molar-refractivity contribution >= 4 is 17.6 Å². The molecular weight excluding hydrogens is 396 g/mol.